The predicted octanol–water partition coefficient (Wildman–Crippen LogP) is 2.51. The lowest BCUT2D eigenvalue weighted by Crippen LogP contribution is -2.50. The summed E-state index contributed by atoms with van der Waals surface area (Å²) in [5.74, 6) is -1.10. The van der Waals surface area contributed by atoms with Crippen LogP contribution >= 0.6 is 23.8 Å². The fraction of sp³-hybridized carbons (Fsp3) is 0.238. The van der Waals surface area contributed by atoms with E-state index < -0.39 is 11.9 Å². The molecule has 2 N–H and O–H groups in total. The number of hydrogen-bond acceptors (Lipinski definition) is 4. The van der Waals surface area contributed by atoms with Crippen molar-refractivity contribution >= 4 is 46.7 Å². The minimum Gasteiger partial charge on any atom is -0.356 e. The number of nitrogens with zero attached hydrogens (tertiary/aromatic N) is 2. The number of benzene rings is 2. The SMILES string of the molecule is CCNC(=O)C[C@H]1C(=O)N(Cc2ccccc2)C(=S)N1NC(=O)c1ccc(Cl)cc1. The Balaban J connectivity index is 1.83. The molecule has 7 nitrogen and oxygen atoms in total. The summed E-state index contributed by atoms with van der Waals surface area (Å²) in [6.07, 6.45) is -0.126. The van der Waals surface area contributed by atoms with Gasteiger partial charge in [-0.25, -0.2) is 5.01 Å². The summed E-state index contributed by atoms with van der Waals surface area (Å²) in [5.41, 5.74) is 3.92. The van der Waals surface area contributed by atoms with Gasteiger partial charge in [-0.15, -0.1) is 0 Å². The first kappa shape index (κ1) is 21.7. The Bertz CT molecular complexity index is 952. The molecule has 3 amide bonds. The number of rotatable bonds is 7. The maximum Gasteiger partial charge on any atom is 0.269 e. The topological polar surface area (TPSA) is 81.8 Å². The average Bonchev–Trinajstić information content (AvgIpc) is 2.94. The number of carbonyl (C=O) groups is 3. The average molecular weight is 445 g/mol. The number of hydrogen-bond donors (Lipinski definition) is 2. The molecule has 1 saturated heterocycles. The maximum absolute atomic E-state index is 13.1. The molecule has 0 aliphatic carbocycles. The molecule has 2 aromatic carbocycles. The standard InChI is InChI=1S/C21H21ClN4O3S/c1-2-23-18(27)12-17-20(29)25(13-14-6-4-3-5-7-14)21(30)26(17)24-19(28)15-8-10-16(22)11-9-15/h3-11,17H,2,12-13H2,1H3,(H,23,27)(H,24,28)/t17-/m0/s1. The summed E-state index contributed by atoms with van der Waals surface area (Å²) in [7, 11) is 0. The molecule has 9 heteroatoms. The Morgan fingerprint density at radius 2 is 1.77 bits per heavy atom. The maximum atomic E-state index is 13.1. The smallest absolute Gasteiger partial charge is 0.269 e. The zero-order chi connectivity index (χ0) is 21.7. The molecule has 0 radical (unpaired) electrons. The zero-order valence-corrected chi connectivity index (χ0v) is 17.9. The van der Waals surface area contributed by atoms with E-state index in [1.54, 1.807) is 31.2 Å². The van der Waals surface area contributed by atoms with Crippen molar-refractivity contribution in [2.75, 3.05) is 6.54 Å². The molecule has 2 aromatic rings. The van der Waals surface area contributed by atoms with Gasteiger partial charge < -0.3 is 5.32 Å². The van der Waals surface area contributed by atoms with Gasteiger partial charge in [-0.3, -0.25) is 24.7 Å². The number of hydrazine groups is 1. The van der Waals surface area contributed by atoms with Crippen LogP contribution in [0, 0.1) is 0 Å². The summed E-state index contributed by atoms with van der Waals surface area (Å²) >= 11 is 11.4. The van der Waals surface area contributed by atoms with Crippen LogP contribution in [0.3, 0.4) is 0 Å². The van der Waals surface area contributed by atoms with Gasteiger partial charge >= 0.3 is 0 Å². The van der Waals surface area contributed by atoms with Gasteiger partial charge in [0, 0.05) is 17.1 Å². The van der Waals surface area contributed by atoms with Crippen molar-refractivity contribution in [1.29, 1.82) is 0 Å². The van der Waals surface area contributed by atoms with Crippen molar-refractivity contribution in [3.63, 3.8) is 0 Å². The molecule has 1 heterocycles. The molecule has 3 rings (SSSR count). The fourth-order valence-electron chi connectivity index (χ4n) is 3.08. The second kappa shape index (κ2) is 9.69. The first-order valence-corrected chi connectivity index (χ1v) is 10.2. The number of nitrogens with one attached hydrogen (secondary N) is 2. The van der Waals surface area contributed by atoms with E-state index in [0.29, 0.717) is 17.1 Å². The first-order chi connectivity index (χ1) is 14.4. The molecule has 0 unspecified atom stereocenters. The number of amides is 3. The lowest BCUT2D eigenvalue weighted by molar-refractivity contribution is -0.132. The van der Waals surface area contributed by atoms with Crippen LogP contribution in [-0.2, 0) is 16.1 Å². The second-order valence-electron chi connectivity index (χ2n) is 6.68. The van der Waals surface area contributed by atoms with Gasteiger partial charge in [-0.05, 0) is 49.0 Å². The summed E-state index contributed by atoms with van der Waals surface area (Å²) < 4.78 is 0. The highest BCUT2D eigenvalue weighted by Crippen LogP contribution is 2.22. The van der Waals surface area contributed by atoms with Crippen LogP contribution < -0.4 is 10.7 Å². The van der Waals surface area contributed by atoms with Crippen LogP contribution in [0.5, 0.6) is 0 Å². The Morgan fingerprint density at radius 3 is 2.40 bits per heavy atom. The number of thiocarbonyl (C=S) groups is 1. The normalized spacial score (nSPS) is 16.0. The highest BCUT2D eigenvalue weighted by Gasteiger charge is 2.44. The van der Waals surface area contributed by atoms with Crippen LogP contribution in [-0.4, -0.2) is 45.3 Å². The zero-order valence-electron chi connectivity index (χ0n) is 16.3. The molecule has 1 fully saturated rings. The van der Waals surface area contributed by atoms with E-state index in [-0.39, 0.29) is 29.9 Å². The number of halogens is 1. The third-order valence-corrected chi connectivity index (χ3v) is 5.23. The molecule has 0 saturated carbocycles. The van der Waals surface area contributed by atoms with E-state index in [9.17, 15) is 14.4 Å². The first-order valence-electron chi connectivity index (χ1n) is 9.42. The minimum absolute atomic E-state index is 0.126. The Labute approximate surface area is 185 Å². The Morgan fingerprint density at radius 1 is 1.10 bits per heavy atom. The molecule has 1 atom stereocenters. The van der Waals surface area contributed by atoms with E-state index in [1.165, 1.54) is 9.91 Å². The molecule has 0 aromatic heterocycles. The molecular formula is C21H21ClN4O3S. The molecular weight excluding hydrogens is 424 g/mol. The van der Waals surface area contributed by atoms with E-state index in [1.807, 2.05) is 30.3 Å². The molecule has 30 heavy (non-hydrogen) atoms. The van der Waals surface area contributed by atoms with E-state index in [0.717, 1.165) is 5.56 Å². The molecule has 0 bridgehead atoms. The third kappa shape index (κ3) is 4.95. The largest absolute Gasteiger partial charge is 0.356 e. The van der Waals surface area contributed by atoms with E-state index in [4.69, 9.17) is 23.8 Å². The van der Waals surface area contributed by atoms with Crippen molar-refractivity contribution in [2.24, 2.45) is 0 Å². The Hall–Kier alpha value is -2.97. The quantitative estimate of drug-likeness (QED) is 0.641. The van der Waals surface area contributed by atoms with Crippen molar-refractivity contribution < 1.29 is 14.4 Å². The van der Waals surface area contributed by atoms with Crippen LogP contribution in [0.25, 0.3) is 0 Å². The summed E-state index contributed by atoms with van der Waals surface area (Å²) in [4.78, 5) is 39.4. The van der Waals surface area contributed by atoms with E-state index >= 15 is 0 Å². The summed E-state index contributed by atoms with van der Waals surface area (Å²) in [6, 6.07) is 14.8. The van der Waals surface area contributed by atoms with Gasteiger partial charge in [0.25, 0.3) is 11.8 Å². The van der Waals surface area contributed by atoms with Crippen LogP contribution in [0.2, 0.25) is 5.02 Å². The predicted molar refractivity (Wildman–Crippen MR) is 117 cm³/mol. The van der Waals surface area contributed by atoms with Crippen molar-refractivity contribution in [3.8, 4) is 0 Å². The van der Waals surface area contributed by atoms with Crippen molar-refractivity contribution in [2.45, 2.75) is 25.9 Å². The van der Waals surface area contributed by atoms with Crippen LogP contribution in [0.1, 0.15) is 29.3 Å². The van der Waals surface area contributed by atoms with Gasteiger partial charge in [0.1, 0.15) is 6.04 Å². The second-order valence-corrected chi connectivity index (χ2v) is 7.49. The van der Waals surface area contributed by atoms with E-state index in [2.05, 4.69) is 10.7 Å². The lowest BCUT2D eigenvalue weighted by atomic mass is 10.1. The molecule has 1 aliphatic rings. The van der Waals surface area contributed by atoms with Crippen molar-refractivity contribution in [1.82, 2.24) is 20.7 Å². The molecule has 0 spiro atoms. The highest BCUT2D eigenvalue weighted by atomic mass is 35.5. The van der Waals surface area contributed by atoms with Crippen molar-refractivity contribution in [3.05, 3.63) is 70.7 Å². The Kier molecular flexibility index (Phi) is 7.02. The van der Waals surface area contributed by atoms with Gasteiger partial charge in [-0.2, -0.15) is 0 Å². The lowest BCUT2D eigenvalue weighted by Gasteiger charge is -2.24. The van der Waals surface area contributed by atoms with Crippen LogP contribution in [0.4, 0.5) is 0 Å². The minimum atomic E-state index is -0.927. The third-order valence-electron chi connectivity index (χ3n) is 4.56. The van der Waals surface area contributed by atoms with Gasteiger partial charge in [0.15, 0.2) is 5.11 Å². The fourth-order valence-corrected chi connectivity index (χ4v) is 3.54. The molecule has 156 valence electrons. The highest BCUT2D eigenvalue weighted by molar-refractivity contribution is 7.80. The summed E-state index contributed by atoms with van der Waals surface area (Å²) in [5, 5.41) is 4.62. The van der Waals surface area contributed by atoms with Gasteiger partial charge in [0.05, 0.1) is 13.0 Å². The number of carbonyl (C=O) groups excluding carboxylic acids is 3. The van der Waals surface area contributed by atoms with Gasteiger partial charge in [0.2, 0.25) is 5.91 Å². The summed E-state index contributed by atoms with van der Waals surface area (Å²) in [6.45, 7) is 2.48. The van der Waals surface area contributed by atoms with Crippen LogP contribution in [0.15, 0.2) is 54.6 Å². The van der Waals surface area contributed by atoms with Gasteiger partial charge in [-0.1, -0.05) is 41.9 Å². The monoisotopic (exact) mass is 444 g/mol. The molecule has 1 aliphatic heterocycles.